The van der Waals surface area contributed by atoms with Crippen LogP contribution in [0.5, 0.6) is 0 Å². The van der Waals surface area contributed by atoms with E-state index in [1.165, 1.54) is 6.20 Å². The van der Waals surface area contributed by atoms with Gasteiger partial charge in [-0.1, -0.05) is 22.0 Å². The van der Waals surface area contributed by atoms with Crippen LogP contribution in [-0.4, -0.2) is 4.98 Å². The van der Waals surface area contributed by atoms with Crippen molar-refractivity contribution in [2.45, 2.75) is 6.85 Å². The van der Waals surface area contributed by atoms with Gasteiger partial charge >= 0.3 is 0 Å². The zero-order chi connectivity index (χ0) is 11.1. The lowest BCUT2D eigenvalue weighted by molar-refractivity contribution is 1.31. The van der Waals surface area contributed by atoms with Gasteiger partial charge in [-0.05, 0) is 29.9 Å². The average Bonchev–Trinajstić information content (AvgIpc) is 2.15. The largest absolute Gasteiger partial charge is 0.264 e. The first kappa shape index (κ1) is 4.97. The van der Waals surface area contributed by atoms with Crippen LogP contribution in [0.25, 0.3) is 10.8 Å². The lowest BCUT2D eigenvalue weighted by Gasteiger charge is -2.00. The van der Waals surface area contributed by atoms with Gasteiger partial charge in [0.15, 0.2) is 0 Å². The molecule has 12 heavy (non-hydrogen) atoms. The fourth-order valence-corrected chi connectivity index (χ4v) is 1.50. The Morgan fingerprint density at radius 3 is 3.17 bits per heavy atom. The molecular weight excluding hydrogens is 214 g/mol. The van der Waals surface area contributed by atoms with E-state index in [1.807, 2.05) is 12.1 Å². The molecule has 0 atom stereocenters. The van der Waals surface area contributed by atoms with Gasteiger partial charge in [0.25, 0.3) is 0 Å². The zero-order valence-electron chi connectivity index (χ0n) is 9.21. The molecule has 1 nitrogen and oxygen atoms in total. The van der Waals surface area contributed by atoms with Gasteiger partial charge in [-0.3, -0.25) is 4.98 Å². The van der Waals surface area contributed by atoms with E-state index in [2.05, 4.69) is 20.9 Å². The lowest BCUT2D eigenvalue weighted by Crippen LogP contribution is -1.80. The van der Waals surface area contributed by atoms with Crippen LogP contribution in [0.15, 0.2) is 35.1 Å². The SMILES string of the molecule is [2H]C([2H])([2H])c1cncc2ccc(Br)cc12. The van der Waals surface area contributed by atoms with E-state index >= 15 is 0 Å². The summed E-state index contributed by atoms with van der Waals surface area (Å²) in [6.45, 7) is -2.12. The highest BCUT2D eigenvalue weighted by molar-refractivity contribution is 9.10. The molecule has 0 spiro atoms. The summed E-state index contributed by atoms with van der Waals surface area (Å²) < 4.78 is 23.1. The predicted octanol–water partition coefficient (Wildman–Crippen LogP) is 3.31. The molecule has 0 bridgehead atoms. The second-order valence-electron chi connectivity index (χ2n) is 2.55. The van der Waals surface area contributed by atoms with Crippen molar-refractivity contribution in [1.82, 2.24) is 4.98 Å². The van der Waals surface area contributed by atoms with Crippen molar-refractivity contribution in [3.8, 4) is 0 Å². The highest BCUT2D eigenvalue weighted by atomic mass is 79.9. The van der Waals surface area contributed by atoms with Crippen molar-refractivity contribution in [3.63, 3.8) is 0 Å². The Kier molecular flexibility index (Phi) is 1.19. The standard InChI is InChI=1S/C10H8BrN/c1-7-5-12-6-8-2-3-9(11)4-10(7)8/h2-6H,1H3/i1D3. The second-order valence-corrected chi connectivity index (χ2v) is 3.47. The van der Waals surface area contributed by atoms with Crippen molar-refractivity contribution >= 4 is 26.7 Å². The van der Waals surface area contributed by atoms with Crippen molar-refractivity contribution < 1.29 is 4.11 Å². The predicted molar refractivity (Wildman–Crippen MR) is 54.2 cm³/mol. The summed E-state index contributed by atoms with van der Waals surface area (Å²) >= 11 is 3.33. The Hall–Kier alpha value is -0.890. The number of hydrogen-bond acceptors (Lipinski definition) is 1. The number of benzene rings is 1. The molecule has 0 aliphatic rings. The number of aryl methyl sites for hydroxylation is 1. The Bertz CT molecular complexity index is 507. The van der Waals surface area contributed by atoms with Crippen molar-refractivity contribution in [2.75, 3.05) is 0 Å². The molecule has 0 saturated heterocycles. The molecule has 0 N–H and O–H groups in total. The molecule has 2 aromatic rings. The first-order chi connectivity index (χ1) is 6.98. The van der Waals surface area contributed by atoms with Crippen LogP contribution in [-0.2, 0) is 0 Å². The minimum Gasteiger partial charge on any atom is -0.264 e. The van der Waals surface area contributed by atoms with Crippen LogP contribution in [0.1, 0.15) is 9.68 Å². The lowest BCUT2D eigenvalue weighted by atomic mass is 10.1. The smallest absolute Gasteiger partial charge is 0.0346 e. The summed E-state index contributed by atoms with van der Waals surface area (Å²) in [7, 11) is 0. The number of fused-ring (bicyclic) bond motifs is 1. The summed E-state index contributed by atoms with van der Waals surface area (Å²) in [4.78, 5) is 3.93. The van der Waals surface area contributed by atoms with Gasteiger partial charge in [-0.25, -0.2) is 0 Å². The number of nitrogens with zero attached hydrogens (tertiary/aromatic N) is 1. The zero-order valence-corrected chi connectivity index (χ0v) is 7.80. The van der Waals surface area contributed by atoms with Crippen LogP contribution in [0, 0.1) is 6.85 Å². The molecular formula is C10H8BrN. The highest BCUT2D eigenvalue weighted by Crippen LogP contribution is 2.21. The van der Waals surface area contributed by atoms with Crippen LogP contribution >= 0.6 is 15.9 Å². The van der Waals surface area contributed by atoms with Crippen LogP contribution < -0.4 is 0 Å². The molecule has 0 saturated carbocycles. The Morgan fingerprint density at radius 1 is 1.42 bits per heavy atom. The van der Waals surface area contributed by atoms with E-state index < -0.39 is 6.85 Å². The monoisotopic (exact) mass is 224 g/mol. The normalized spacial score (nSPS) is 15.2. The molecule has 0 aliphatic carbocycles. The first-order valence-electron chi connectivity index (χ1n) is 5.02. The number of aromatic nitrogens is 1. The van der Waals surface area contributed by atoms with E-state index in [0.717, 1.165) is 15.2 Å². The molecule has 1 aromatic heterocycles. The first-order valence-corrected chi connectivity index (χ1v) is 4.31. The molecule has 0 unspecified atom stereocenters. The third-order valence-electron chi connectivity index (χ3n) is 1.72. The van der Waals surface area contributed by atoms with Gasteiger partial charge in [0, 0.05) is 26.4 Å². The number of hydrogen-bond donors (Lipinski definition) is 0. The molecule has 1 aromatic carbocycles. The summed E-state index contributed by atoms with van der Waals surface area (Å²) in [5.74, 6) is 0. The average molecular weight is 225 g/mol. The maximum Gasteiger partial charge on any atom is 0.0346 e. The minimum absolute atomic E-state index is 0.293. The Labute approximate surface area is 83.8 Å². The molecule has 0 fully saturated rings. The van der Waals surface area contributed by atoms with E-state index in [0.29, 0.717) is 5.56 Å². The highest BCUT2D eigenvalue weighted by Gasteiger charge is 1.96. The second kappa shape index (κ2) is 2.87. The van der Waals surface area contributed by atoms with E-state index in [-0.39, 0.29) is 0 Å². The van der Waals surface area contributed by atoms with Gasteiger partial charge in [0.05, 0.1) is 0 Å². The van der Waals surface area contributed by atoms with E-state index in [1.54, 1.807) is 12.3 Å². The molecule has 2 heteroatoms. The summed E-state index contributed by atoms with van der Waals surface area (Å²) in [5.41, 5.74) is 0.293. The molecule has 0 radical (unpaired) electrons. The van der Waals surface area contributed by atoms with Crippen molar-refractivity contribution in [1.29, 1.82) is 0 Å². The molecule has 60 valence electrons. The van der Waals surface area contributed by atoms with Crippen LogP contribution in [0.2, 0.25) is 0 Å². The third-order valence-corrected chi connectivity index (χ3v) is 2.22. The number of halogens is 1. The molecule has 2 rings (SSSR count). The topological polar surface area (TPSA) is 12.9 Å². The van der Waals surface area contributed by atoms with Crippen LogP contribution in [0.4, 0.5) is 0 Å². The number of rotatable bonds is 0. The van der Waals surface area contributed by atoms with Gasteiger partial charge in [0.1, 0.15) is 0 Å². The van der Waals surface area contributed by atoms with Gasteiger partial charge in [0.2, 0.25) is 0 Å². The Morgan fingerprint density at radius 2 is 2.33 bits per heavy atom. The maximum atomic E-state index is 7.40. The fourth-order valence-electron chi connectivity index (χ4n) is 1.14. The van der Waals surface area contributed by atoms with Gasteiger partial charge in [-0.15, -0.1) is 0 Å². The molecule has 1 heterocycles. The molecule has 0 amide bonds. The third kappa shape index (κ3) is 1.23. The van der Waals surface area contributed by atoms with Gasteiger partial charge < -0.3 is 0 Å². The summed E-state index contributed by atoms with van der Waals surface area (Å²) in [6, 6.07) is 5.52. The maximum absolute atomic E-state index is 7.40. The van der Waals surface area contributed by atoms with Gasteiger partial charge in [-0.2, -0.15) is 0 Å². The Balaban J connectivity index is 2.80. The van der Waals surface area contributed by atoms with Crippen molar-refractivity contribution in [2.24, 2.45) is 0 Å². The fraction of sp³-hybridized carbons (Fsp3) is 0.100. The summed E-state index contributed by atoms with van der Waals surface area (Å²) in [5, 5.41) is 1.56. The van der Waals surface area contributed by atoms with Crippen LogP contribution in [0.3, 0.4) is 0 Å². The van der Waals surface area contributed by atoms with Crippen molar-refractivity contribution in [3.05, 3.63) is 40.6 Å². The summed E-state index contributed by atoms with van der Waals surface area (Å²) in [6.07, 6.45) is 3.07. The minimum atomic E-state index is -2.12. The molecule has 0 aliphatic heterocycles. The van der Waals surface area contributed by atoms with E-state index in [9.17, 15) is 0 Å². The quantitative estimate of drug-likeness (QED) is 0.670. The van der Waals surface area contributed by atoms with E-state index in [4.69, 9.17) is 4.11 Å². The number of pyridine rings is 1.